The Morgan fingerprint density at radius 3 is 2.06 bits per heavy atom. The molecule has 1 aromatic carbocycles. The summed E-state index contributed by atoms with van der Waals surface area (Å²) in [5.41, 5.74) is 0.662. The highest BCUT2D eigenvalue weighted by Gasteiger charge is 2.52. The molecule has 2 aliphatic heterocycles. The zero-order chi connectivity index (χ0) is 23.9. The molecule has 2 aliphatic rings. The fourth-order valence-corrected chi connectivity index (χ4v) is 3.72. The summed E-state index contributed by atoms with van der Waals surface area (Å²) in [5, 5.41) is 0. The van der Waals surface area contributed by atoms with E-state index in [9.17, 15) is 4.79 Å². The van der Waals surface area contributed by atoms with Crippen molar-refractivity contribution in [1.82, 2.24) is 4.90 Å². The molecule has 1 amide bonds. The van der Waals surface area contributed by atoms with Crippen molar-refractivity contribution in [2.24, 2.45) is 0 Å². The van der Waals surface area contributed by atoms with Crippen molar-refractivity contribution < 1.29 is 23.6 Å². The summed E-state index contributed by atoms with van der Waals surface area (Å²) < 4.78 is 24.1. The van der Waals surface area contributed by atoms with Crippen LogP contribution in [0, 0.1) is 0 Å². The number of ether oxygens (including phenoxy) is 2. The summed E-state index contributed by atoms with van der Waals surface area (Å²) in [7, 11) is -0.461. The van der Waals surface area contributed by atoms with Crippen molar-refractivity contribution >= 4 is 24.4 Å². The number of piperazine rings is 1. The first-order valence-corrected chi connectivity index (χ1v) is 11.6. The number of hydrogen-bond donors (Lipinski definition) is 0. The lowest BCUT2D eigenvalue weighted by Gasteiger charge is -2.37. The van der Waals surface area contributed by atoms with Crippen molar-refractivity contribution in [2.75, 3.05) is 31.1 Å². The smallest absolute Gasteiger partial charge is 0.491 e. The maximum Gasteiger partial charge on any atom is 0.495 e. The standard InChI is InChI=1S/C24H39BN2O5/c1-17(2)29-20-15-18(25-31-23(6,7)24(8,9)32-25)14-19(16-20)26-10-12-27(13-11-26)21(28)30-22(3,4)5/h14-17H,10-13H2,1-9H3. The van der Waals surface area contributed by atoms with Gasteiger partial charge in [-0.1, -0.05) is 0 Å². The molecule has 2 fully saturated rings. The number of rotatable bonds is 4. The van der Waals surface area contributed by atoms with E-state index < -0.39 is 23.9 Å². The van der Waals surface area contributed by atoms with Gasteiger partial charge >= 0.3 is 13.2 Å². The summed E-state index contributed by atoms with van der Waals surface area (Å²) in [6.07, 6.45) is -0.202. The van der Waals surface area contributed by atoms with Crippen LogP contribution in [0.3, 0.4) is 0 Å². The van der Waals surface area contributed by atoms with Gasteiger partial charge in [0.2, 0.25) is 0 Å². The van der Waals surface area contributed by atoms with Gasteiger partial charge in [-0.25, -0.2) is 4.79 Å². The van der Waals surface area contributed by atoms with E-state index in [1.807, 2.05) is 40.7 Å². The van der Waals surface area contributed by atoms with Crippen LogP contribution in [-0.2, 0) is 14.0 Å². The van der Waals surface area contributed by atoms with Crippen molar-refractivity contribution in [3.8, 4) is 5.75 Å². The van der Waals surface area contributed by atoms with Crippen LogP contribution in [0.25, 0.3) is 0 Å². The third-order valence-electron chi connectivity index (χ3n) is 6.11. The predicted octanol–water partition coefficient (Wildman–Crippen LogP) is 3.83. The second-order valence-corrected chi connectivity index (χ2v) is 11.0. The fourth-order valence-electron chi connectivity index (χ4n) is 3.72. The highest BCUT2D eigenvalue weighted by molar-refractivity contribution is 6.62. The molecule has 2 saturated heterocycles. The fraction of sp³-hybridized carbons (Fsp3) is 0.708. The van der Waals surface area contributed by atoms with Crippen LogP contribution in [0.1, 0.15) is 62.3 Å². The molecule has 32 heavy (non-hydrogen) atoms. The van der Waals surface area contributed by atoms with Gasteiger partial charge in [-0.05, 0) is 79.9 Å². The second kappa shape index (κ2) is 8.78. The summed E-state index contributed by atoms with van der Waals surface area (Å²) in [6.45, 7) is 20.6. The lowest BCUT2D eigenvalue weighted by molar-refractivity contribution is 0.00578. The van der Waals surface area contributed by atoms with E-state index >= 15 is 0 Å². The van der Waals surface area contributed by atoms with Crippen molar-refractivity contribution in [3.05, 3.63) is 18.2 Å². The number of carbonyl (C=O) groups excluding carboxylic acids is 1. The van der Waals surface area contributed by atoms with E-state index in [2.05, 4.69) is 44.7 Å². The Morgan fingerprint density at radius 2 is 1.56 bits per heavy atom. The molecule has 1 aromatic rings. The van der Waals surface area contributed by atoms with Gasteiger partial charge in [-0.3, -0.25) is 0 Å². The van der Waals surface area contributed by atoms with Gasteiger partial charge in [0.1, 0.15) is 11.4 Å². The summed E-state index contributed by atoms with van der Waals surface area (Å²) in [5.74, 6) is 0.789. The molecule has 0 aromatic heterocycles. The van der Waals surface area contributed by atoms with Crippen LogP contribution < -0.4 is 15.1 Å². The zero-order valence-electron chi connectivity index (χ0n) is 21.2. The largest absolute Gasteiger partial charge is 0.495 e. The Hall–Kier alpha value is -1.93. The van der Waals surface area contributed by atoms with Gasteiger partial charge < -0.3 is 28.6 Å². The first kappa shape index (κ1) is 24.7. The lowest BCUT2D eigenvalue weighted by Crippen LogP contribution is -2.50. The highest BCUT2D eigenvalue weighted by Crippen LogP contribution is 2.37. The molecule has 0 aliphatic carbocycles. The van der Waals surface area contributed by atoms with Crippen LogP contribution in [0.2, 0.25) is 0 Å². The Balaban J connectivity index is 1.78. The average molecular weight is 446 g/mol. The molecule has 2 heterocycles. The minimum atomic E-state index is -0.492. The molecule has 0 N–H and O–H groups in total. The Morgan fingerprint density at radius 1 is 1.00 bits per heavy atom. The van der Waals surface area contributed by atoms with Crippen molar-refractivity contribution in [3.63, 3.8) is 0 Å². The number of carbonyl (C=O) groups is 1. The Labute approximate surface area is 193 Å². The summed E-state index contributed by atoms with van der Waals surface area (Å²) >= 11 is 0. The maximum absolute atomic E-state index is 12.4. The number of benzene rings is 1. The van der Waals surface area contributed by atoms with E-state index in [1.165, 1.54) is 0 Å². The third kappa shape index (κ3) is 5.70. The van der Waals surface area contributed by atoms with Gasteiger partial charge in [0, 0.05) is 37.9 Å². The molecule has 0 unspecified atom stereocenters. The third-order valence-corrected chi connectivity index (χ3v) is 6.11. The average Bonchev–Trinajstić information content (AvgIpc) is 2.87. The molecule has 0 radical (unpaired) electrons. The van der Waals surface area contributed by atoms with Gasteiger partial charge in [0.15, 0.2) is 0 Å². The molecule has 0 bridgehead atoms. The highest BCUT2D eigenvalue weighted by atomic mass is 16.7. The normalized spacial score (nSPS) is 20.6. The van der Waals surface area contributed by atoms with E-state index in [0.29, 0.717) is 26.2 Å². The minimum absolute atomic E-state index is 0.0559. The van der Waals surface area contributed by atoms with Crippen LogP contribution >= 0.6 is 0 Å². The summed E-state index contributed by atoms with van der Waals surface area (Å²) in [6, 6.07) is 6.17. The van der Waals surface area contributed by atoms with Crippen molar-refractivity contribution in [1.29, 1.82) is 0 Å². The number of hydrogen-bond acceptors (Lipinski definition) is 6. The molecule has 0 atom stereocenters. The molecule has 7 nitrogen and oxygen atoms in total. The van der Waals surface area contributed by atoms with E-state index in [4.69, 9.17) is 18.8 Å². The maximum atomic E-state index is 12.4. The van der Waals surface area contributed by atoms with E-state index in [0.717, 1.165) is 16.9 Å². The van der Waals surface area contributed by atoms with Crippen LogP contribution in [-0.4, -0.2) is 67.2 Å². The predicted molar refractivity (Wildman–Crippen MR) is 128 cm³/mol. The first-order chi connectivity index (χ1) is 14.7. The quantitative estimate of drug-likeness (QED) is 0.656. The monoisotopic (exact) mass is 446 g/mol. The molecule has 8 heteroatoms. The van der Waals surface area contributed by atoms with Gasteiger partial charge in [0.25, 0.3) is 0 Å². The molecule has 0 saturated carbocycles. The number of nitrogens with zero attached hydrogens (tertiary/aromatic N) is 2. The van der Waals surface area contributed by atoms with Gasteiger partial charge in [0.05, 0.1) is 17.3 Å². The Kier molecular flexibility index (Phi) is 6.78. The Bertz CT molecular complexity index is 810. The first-order valence-electron chi connectivity index (χ1n) is 11.6. The number of amides is 1. The second-order valence-electron chi connectivity index (χ2n) is 11.0. The van der Waals surface area contributed by atoms with Gasteiger partial charge in [-0.15, -0.1) is 0 Å². The molecule has 178 valence electrons. The SMILES string of the molecule is CC(C)Oc1cc(B2OC(C)(C)C(C)(C)O2)cc(N2CCN(C(=O)OC(C)(C)C)CC2)c1. The molecule has 0 spiro atoms. The lowest BCUT2D eigenvalue weighted by atomic mass is 9.78. The van der Waals surface area contributed by atoms with Crippen LogP contribution in [0.4, 0.5) is 10.5 Å². The van der Waals surface area contributed by atoms with E-state index in [1.54, 1.807) is 4.90 Å². The zero-order valence-corrected chi connectivity index (χ0v) is 21.2. The summed E-state index contributed by atoms with van der Waals surface area (Å²) in [4.78, 5) is 16.5. The molecular formula is C24H39BN2O5. The number of anilines is 1. The minimum Gasteiger partial charge on any atom is -0.491 e. The van der Waals surface area contributed by atoms with Crippen molar-refractivity contribution in [2.45, 2.75) is 85.2 Å². The van der Waals surface area contributed by atoms with Crippen LogP contribution in [0.5, 0.6) is 5.75 Å². The van der Waals surface area contributed by atoms with Gasteiger partial charge in [-0.2, -0.15) is 0 Å². The molecular weight excluding hydrogens is 407 g/mol. The van der Waals surface area contributed by atoms with E-state index in [-0.39, 0.29) is 12.2 Å². The topological polar surface area (TPSA) is 60.5 Å². The molecule has 3 rings (SSSR count). The van der Waals surface area contributed by atoms with Crippen LogP contribution in [0.15, 0.2) is 18.2 Å².